The summed E-state index contributed by atoms with van der Waals surface area (Å²) in [6.07, 6.45) is 0.699. The van der Waals surface area contributed by atoms with Gasteiger partial charge in [0.1, 0.15) is 0 Å². The molecule has 7 heteroatoms. The number of carbonyl (C=O) groups excluding carboxylic acids is 1. The molecule has 1 saturated heterocycles. The predicted molar refractivity (Wildman–Crippen MR) is 65.6 cm³/mol. The summed E-state index contributed by atoms with van der Waals surface area (Å²) >= 11 is 0. The summed E-state index contributed by atoms with van der Waals surface area (Å²) in [7, 11) is 0. The van der Waals surface area contributed by atoms with Crippen molar-refractivity contribution in [3.05, 3.63) is 39.7 Å². The molecule has 1 fully saturated rings. The second kappa shape index (κ2) is 5.31. The van der Waals surface area contributed by atoms with Crippen molar-refractivity contribution in [1.82, 2.24) is 4.90 Å². The molecular formula is C12H14FN3O3. The number of nitrogens with zero attached hydrogens (tertiary/aromatic N) is 2. The summed E-state index contributed by atoms with van der Waals surface area (Å²) in [6, 6.07) is 3.85. The molecule has 1 aromatic carbocycles. The molecule has 0 aromatic heterocycles. The van der Waals surface area contributed by atoms with Gasteiger partial charge in [0, 0.05) is 19.2 Å². The van der Waals surface area contributed by atoms with E-state index in [-0.39, 0.29) is 11.8 Å². The number of halogens is 1. The summed E-state index contributed by atoms with van der Waals surface area (Å²) in [5.74, 6) is -1.33. The van der Waals surface area contributed by atoms with Gasteiger partial charge in [-0.2, -0.15) is 4.39 Å². The predicted octanol–water partition coefficient (Wildman–Crippen LogP) is 1.04. The van der Waals surface area contributed by atoms with Crippen molar-refractivity contribution in [2.45, 2.75) is 13.0 Å². The minimum atomic E-state index is -0.840. The van der Waals surface area contributed by atoms with Crippen molar-refractivity contribution in [2.24, 2.45) is 11.7 Å². The van der Waals surface area contributed by atoms with Crippen LogP contribution in [0.5, 0.6) is 0 Å². The molecular weight excluding hydrogens is 253 g/mol. The van der Waals surface area contributed by atoms with Gasteiger partial charge in [-0.15, -0.1) is 0 Å². The lowest BCUT2D eigenvalue weighted by molar-refractivity contribution is -0.387. The van der Waals surface area contributed by atoms with Crippen LogP contribution in [-0.2, 0) is 11.3 Å². The second-order valence-corrected chi connectivity index (χ2v) is 4.67. The van der Waals surface area contributed by atoms with E-state index in [0.717, 1.165) is 12.1 Å². The molecule has 0 aliphatic carbocycles. The largest absolute Gasteiger partial charge is 0.369 e. The van der Waals surface area contributed by atoms with Crippen LogP contribution in [0.25, 0.3) is 0 Å². The Balaban J connectivity index is 2.03. The molecule has 1 aliphatic rings. The highest BCUT2D eigenvalue weighted by Gasteiger charge is 2.26. The number of benzene rings is 1. The number of carbonyl (C=O) groups is 1. The summed E-state index contributed by atoms with van der Waals surface area (Å²) in [4.78, 5) is 22.8. The fourth-order valence-corrected chi connectivity index (χ4v) is 2.26. The SMILES string of the molecule is NC(=O)C1CCN(Cc2ccc([N+](=O)[O-])c(F)c2)C1. The molecule has 0 bridgehead atoms. The van der Waals surface area contributed by atoms with Crippen LogP contribution in [0.2, 0.25) is 0 Å². The molecule has 1 unspecified atom stereocenters. The van der Waals surface area contributed by atoms with Crippen molar-refractivity contribution in [1.29, 1.82) is 0 Å². The van der Waals surface area contributed by atoms with E-state index in [2.05, 4.69) is 0 Å². The lowest BCUT2D eigenvalue weighted by Crippen LogP contribution is -2.27. The normalized spacial score (nSPS) is 19.5. The molecule has 1 atom stereocenters. The number of hydrogen-bond donors (Lipinski definition) is 1. The fraction of sp³-hybridized carbons (Fsp3) is 0.417. The number of hydrogen-bond acceptors (Lipinski definition) is 4. The first-order chi connectivity index (χ1) is 8.97. The number of likely N-dealkylation sites (tertiary alicyclic amines) is 1. The Morgan fingerprint density at radius 1 is 1.58 bits per heavy atom. The van der Waals surface area contributed by atoms with Crippen molar-refractivity contribution in [3.8, 4) is 0 Å². The summed E-state index contributed by atoms with van der Waals surface area (Å²) in [5.41, 5.74) is 5.35. The van der Waals surface area contributed by atoms with Gasteiger partial charge in [0.2, 0.25) is 11.7 Å². The van der Waals surface area contributed by atoms with Crippen LogP contribution in [-0.4, -0.2) is 28.8 Å². The molecule has 2 N–H and O–H groups in total. The van der Waals surface area contributed by atoms with Crippen LogP contribution in [0.15, 0.2) is 18.2 Å². The fourth-order valence-electron chi connectivity index (χ4n) is 2.26. The number of rotatable bonds is 4. The van der Waals surface area contributed by atoms with E-state index in [1.807, 2.05) is 4.90 Å². The van der Waals surface area contributed by atoms with E-state index < -0.39 is 16.4 Å². The molecule has 19 heavy (non-hydrogen) atoms. The van der Waals surface area contributed by atoms with E-state index >= 15 is 0 Å². The van der Waals surface area contributed by atoms with E-state index in [1.54, 1.807) is 0 Å². The molecule has 1 amide bonds. The number of nitro groups is 1. The Morgan fingerprint density at radius 2 is 2.32 bits per heavy atom. The van der Waals surface area contributed by atoms with Gasteiger partial charge >= 0.3 is 5.69 Å². The van der Waals surface area contributed by atoms with Gasteiger partial charge in [-0.1, -0.05) is 6.07 Å². The molecule has 0 saturated carbocycles. The molecule has 0 radical (unpaired) electrons. The third kappa shape index (κ3) is 3.05. The Bertz CT molecular complexity index is 521. The van der Waals surface area contributed by atoms with Crippen LogP contribution in [0.4, 0.5) is 10.1 Å². The molecule has 0 spiro atoms. The minimum absolute atomic E-state index is 0.164. The van der Waals surface area contributed by atoms with Crippen molar-refractivity contribution in [2.75, 3.05) is 13.1 Å². The van der Waals surface area contributed by atoms with Gasteiger partial charge in [-0.25, -0.2) is 0 Å². The zero-order valence-corrected chi connectivity index (χ0v) is 10.2. The highest BCUT2D eigenvalue weighted by molar-refractivity contribution is 5.77. The van der Waals surface area contributed by atoms with E-state index in [4.69, 9.17) is 5.73 Å². The maximum atomic E-state index is 13.4. The summed E-state index contributed by atoms with van der Waals surface area (Å²) < 4.78 is 13.4. The maximum Gasteiger partial charge on any atom is 0.304 e. The zero-order valence-electron chi connectivity index (χ0n) is 10.2. The van der Waals surface area contributed by atoms with Crippen LogP contribution in [0, 0.1) is 21.8 Å². The standard InChI is InChI=1S/C12H14FN3O3/c13-10-5-8(1-2-11(10)16(18)19)6-15-4-3-9(7-15)12(14)17/h1-2,5,9H,3-4,6-7H2,(H2,14,17). The quantitative estimate of drug-likeness (QED) is 0.652. The highest BCUT2D eigenvalue weighted by Crippen LogP contribution is 2.22. The Hall–Kier alpha value is -2.02. The van der Waals surface area contributed by atoms with Crippen molar-refractivity contribution < 1.29 is 14.1 Å². The van der Waals surface area contributed by atoms with E-state index in [1.165, 1.54) is 6.07 Å². The summed E-state index contributed by atoms with van der Waals surface area (Å²) in [5, 5.41) is 10.5. The maximum absolute atomic E-state index is 13.4. The van der Waals surface area contributed by atoms with E-state index in [9.17, 15) is 19.3 Å². The topological polar surface area (TPSA) is 89.5 Å². The monoisotopic (exact) mass is 267 g/mol. The number of amides is 1. The number of primary amides is 1. The first-order valence-corrected chi connectivity index (χ1v) is 5.92. The third-order valence-corrected chi connectivity index (χ3v) is 3.29. The average Bonchev–Trinajstić information content (AvgIpc) is 2.77. The lowest BCUT2D eigenvalue weighted by Gasteiger charge is -2.15. The molecule has 1 aliphatic heterocycles. The van der Waals surface area contributed by atoms with Crippen molar-refractivity contribution in [3.63, 3.8) is 0 Å². The molecule has 1 aromatic rings. The molecule has 1 heterocycles. The van der Waals surface area contributed by atoms with Crippen LogP contribution >= 0.6 is 0 Å². The van der Waals surface area contributed by atoms with Gasteiger partial charge in [0.05, 0.1) is 10.8 Å². The third-order valence-electron chi connectivity index (χ3n) is 3.29. The first-order valence-electron chi connectivity index (χ1n) is 5.92. The Labute approximate surface area is 109 Å². The first kappa shape index (κ1) is 13.4. The molecule has 2 rings (SSSR count). The number of nitro benzene ring substituents is 1. The molecule has 102 valence electrons. The van der Waals surface area contributed by atoms with Crippen LogP contribution in [0.1, 0.15) is 12.0 Å². The average molecular weight is 267 g/mol. The summed E-state index contributed by atoms with van der Waals surface area (Å²) in [6.45, 7) is 1.72. The van der Waals surface area contributed by atoms with Crippen molar-refractivity contribution >= 4 is 11.6 Å². The van der Waals surface area contributed by atoms with Gasteiger partial charge in [0.15, 0.2) is 0 Å². The van der Waals surface area contributed by atoms with Gasteiger partial charge in [0.25, 0.3) is 0 Å². The number of nitrogens with two attached hydrogens (primary N) is 1. The van der Waals surface area contributed by atoms with E-state index in [0.29, 0.717) is 31.6 Å². The minimum Gasteiger partial charge on any atom is -0.369 e. The Kier molecular flexibility index (Phi) is 3.75. The Morgan fingerprint density at radius 3 is 2.84 bits per heavy atom. The lowest BCUT2D eigenvalue weighted by atomic mass is 10.1. The van der Waals surface area contributed by atoms with Gasteiger partial charge in [-0.3, -0.25) is 19.8 Å². The molecule has 6 nitrogen and oxygen atoms in total. The second-order valence-electron chi connectivity index (χ2n) is 4.67. The highest BCUT2D eigenvalue weighted by atomic mass is 19.1. The zero-order chi connectivity index (χ0) is 14.0. The van der Waals surface area contributed by atoms with Crippen LogP contribution in [0.3, 0.4) is 0 Å². The van der Waals surface area contributed by atoms with Crippen LogP contribution < -0.4 is 5.73 Å². The van der Waals surface area contributed by atoms with Gasteiger partial charge < -0.3 is 5.73 Å². The smallest absolute Gasteiger partial charge is 0.304 e. The van der Waals surface area contributed by atoms with Gasteiger partial charge in [-0.05, 0) is 24.6 Å².